The minimum absolute atomic E-state index is 0.00616. The highest BCUT2D eigenvalue weighted by molar-refractivity contribution is 5.56. The van der Waals surface area contributed by atoms with Gasteiger partial charge < -0.3 is 4.52 Å². The van der Waals surface area contributed by atoms with E-state index in [-0.39, 0.29) is 17.9 Å². The van der Waals surface area contributed by atoms with Gasteiger partial charge in [0.25, 0.3) is 5.69 Å². The molecule has 0 saturated carbocycles. The minimum Gasteiger partial charge on any atom is -0.342 e. The molecule has 0 atom stereocenters. The standard InChI is InChI=1S/C8H5N3O3/c12-11(13)7-3-1-6(2-4-7)8-9-5-14-10-8/h1-5H/i5D. The van der Waals surface area contributed by atoms with E-state index in [4.69, 9.17) is 1.37 Å². The van der Waals surface area contributed by atoms with Gasteiger partial charge in [-0.15, -0.1) is 0 Å². The monoisotopic (exact) mass is 192 g/mol. The molecule has 0 aliphatic carbocycles. The highest BCUT2D eigenvalue weighted by atomic mass is 16.6. The summed E-state index contributed by atoms with van der Waals surface area (Å²) in [6, 6.07) is 5.69. The van der Waals surface area contributed by atoms with Crippen molar-refractivity contribution in [3.63, 3.8) is 0 Å². The summed E-state index contributed by atoms with van der Waals surface area (Å²) in [5, 5.41) is 13.9. The van der Waals surface area contributed by atoms with Gasteiger partial charge in [-0.25, -0.2) is 0 Å². The number of aromatic nitrogens is 2. The summed E-state index contributed by atoms with van der Waals surface area (Å²) in [5.74, 6) is 0.245. The maximum Gasteiger partial charge on any atom is 0.269 e. The fraction of sp³-hybridized carbons (Fsp3) is 0. The van der Waals surface area contributed by atoms with Gasteiger partial charge in [0.2, 0.25) is 12.2 Å². The molecule has 70 valence electrons. The molecular weight excluding hydrogens is 186 g/mol. The Labute approximate surface area is 79.7 Å². The molecule has 1 aromatic carbocycles. The average molecular weight is 192 g/mol. The number of rotatable bonds is 2. The normalized spacial score (nSPS) is 11.0. The van der Waals surface area contributed by atoms with Gasteiger partial charge in [0, 0.05) is 17.7 Å². The van der Waals surface area contributed by atoms with Crippen LogP contribution in [0.25, 0.3) is 11.4 Å². The van der Waals surface area contributed by atoms with Gasteiger partial charge in [-0.3, -0.25) is 10.1 Å². The van der Waals surface area contributed by atoms with Crippen LogP contribution in [0.5, 0.6) is 0 Å². The quantitative estimate of drug-likeness (QED) is 0.533. The van der Waals surface area contributed by atoms with Gasteiger partial charge in [-0.2, -0.15) is 4.98 Å². The van der Waals surface area contributed by atoms with Gasteiger partial charge in [-0.05, 0) is 12.1 Å². The lowest BCUT2D eigenvalue weighted by Gasteiger charge is -1.93. The second kappa shape index (κ2) is 3.25. The molecule has 1 aromatic heterocycles. The Morgan fingerprint density at radius 2 is 2.14 bits per heavy atom. The van der Waals surface area contributed by atoms with Crippen LogP contribution in [-0.4, -0.2) is 15.1 Å². The summed E-state index contributed by atoms with van der Waals surface area (Å²) >= 11 is 0. The van der Waals surface area contributed by atoms with Crippen LogP contribution in [0.15, 0.2) is 35.2 Å². The zero-order valence-corrected chi connectivity index (χ0v) is 6.88. The molecule has 0 N–H and O–H groups in total. The lowest BCUT2D eigenvalue weighted by atomic mass is 10.2. The summed E-state index contributed by atoms with van der Waals surface area (Å²) in [4.78, 5) is 13.6. The molecule has 6 heteroatoms. The summed E-state index contributed by atoms with van der Waals surface area (Å²) < 4.78 is 11.5. The van der Waals surface area contributed by atoms with E-state index in [1.807, 2.05) is 0 Å². The van der Waals surface area contributed by atoms with Gasteiger partial charge in [0.15, 0.2) is 0 Å². The van der Waals surface area contributed by atoms with E-state index in [2.05, 4.69) is 14.7 Å². The Bertz CT molecular complexity index is 494. The Kier molecular flexibility index (Phi) is 1.67. The molecule has 0 unspecified atom stereocenters. The number of benzene rings is 1. The molecule has 0 aliphatic rings. The molecular formula is C8H5N3O3. The average Bonchev–Trinajstić information content (AvgIpc) is 2.65. The Balaban J connectivity index is 2.35. The van der Waals surface area contributed by atoms with E-state index >= 15 is 0 Å². The van der Waals surface area contributed by atoms with E-state index in [1.54, 1.807) is 0 Å². The molecule has 1 heterocycles. The second-order valence-electron chi connectivity index (χ2n) is 2.51. The summed E-state index contributed by atoms with van der Waals surface area (Å²) in [5.41, 5.74) is 0.566. The zero-order valence-electron chi connectivity index (χ0n) is 7.88. The van der Waals surface area contributed by atoms with Gasteiger partial charge in [0.1, 0.15) is 1.37 Å². The van der Waals surface area contributed by atoms with Crippen LogP contribution in [0.1, 0.15) is 1.37 Å². The van der Waals surface area contributed by atoms with Crippen LogP contribution < -0.4 is 0 Å². The third-order valence-electron chi connectivity index (χ3n) is 1.66. The van der Waals surface area contributed by atoms with E-state index in [1.165, 1.54) is 24.3 Å². The molecule has 0 spiro atoms. The maximum absolute atomic E-state index is 10.4. The lowest BCUT2D eigenvalue weighted by Crippen LogP contribution is -1.87. The number of hydrogen-bond donors (Lipinski definition) is 0. The minimum atomic E-state index is -0.490. The fourth-order valence-corrected chi connectivity index (χ4v) is 0.997. The largest absolute Gasteiger partial charge is 0.342 e. The van der Waals surface area contributed by atoms with Crippen LogP contribution >= 0.6 is 0 Å². The first-order valence-corrected chi connectivity index (χ1v) is 3.72. The maximum atomic E-state index is 10.4. The SMILES string of the molecule is [2H]c1nc(-c2ccc([N+](=O)[O-])cc2)no1. The van der Waals surface area contributed by atoms with E-state index in [0.717, 1.165) is 0 Å². The molecule has 14 heavy (non-hydrogen) atoms. The van der Waals surface area contributed by atoms with E-state index in [9.17, 15) is 10.1 Å². The molecule has 6 nitrogen and oxygen atoms in total. The van der Waals surface area contributed by atoms with Crippen LogP contribution in [0, 0.1) is 10.1 Å². The number of non-ortho nitro benzene ring substituents is 1. The Hall–Kier alpha value is -2.24. The van der Waals surface area contributed by atoms with Crippen molar-refractivity contribution in [2.45, 2.75) is 0 Å². The first kappa shape index (κ1) is 7.19. The Morgan fingerprint density at radius 1 is 1.43 bits per heavy atom. The zero-order chi connectivity index (χ0) is 10.8. The number of nitrogens with zero attached hydrogens (tertiary/aromatic N) is 3. The molecule has 0 amide bonds. The third-order valence-corrected chi connectivity index (χ3v) is 1.66. The summed E-state index contributed by atoms with van der Waals surface area (Å²) in [6.07, 6.45) is -0.289. The fourth-order valence-electron chi connectivity index (χ4n) is 0.997. The molecule has 2 aromatic rings. The highest BCUT2D eigenvalue weighted by Gasteiger charge is 2.07. The van der Waals surface area contributed by atoms with Gasteiger partial charge in [0.05, 0.1) is 4.92 Å². The number of nitro benzene ring substituents is 1. The molecule has 0 radical (unpaired) electrons. The Morgan fingerprint density at radius 3 is 2.64 bits per heavy atom. The first-order valence-electron chi connectivity index (χ1n) is 4.22. The van der Waals surface area contributed by atoms with Crippen molar-refractivity contribution in [3.05, 3.63) is 40.7 Å². The lowest BCUT2D eigenvalue weighted by molar-refractivity contribution is -0.384. The third kappa shape index (κ3) is 1.45. The molecule has 2 rings (SSSR count). The molecule has 0 saturated heterocycles. The smallest absolute Gasteiger partial charge is 0.269 e. The van der Waals surface area contributed by atoms with Crippen LogP contribution in [0.3, 0.4) is 0 Å². The summed E-state index contributed by atoms with van der Waals surface area (Å²) in [6.45, 7) is 0. The van der Waals surface area contributed by atoms with E-state index in [0.29, 0.717) is 5.56 Å². The van der Waals surface area contributed by atoms with Crippen molar-refractivity contribution in [1.29, 1.82) is 0 Å². The van der Waals surface area contributed by atoms with Crippen molar-refractivity contribution in [3.8, 4) is 11.4 Å². The van der Waals surface area contributed by atoms with Gasteiger partial charge >= 0.3 is 0 Å². The van der Waals surface area contributed by atoms with Crippen molar-refractivity contribution < 1.29 is 10.8 Å². The molecule has 0 aliphatic heterocycles. The van der Waals surface area contributed by atoms with Crippen LogP contribution in [0.2, 0.25) is 0 Å². The van der Waals surface area contributed by atoms with E-state index < -0.39 is 4.92 Å². The van der Waals surface area contributed by atoms with Crippen molar-refractivity contribution in [1.82, 2.24) is 10.1 Å². The van der Waals surface area contributed by atoms with Crippen molar-refractivity contribution >= 4 is 5.69 Å². The van der Waals surface area contributed by atoms with Crippen molar-refractivity contribution in [2.24, 2.45) is 0 Å². The number of hydrogen-bond acceptors (Lipinski definition) is 5. The topological polar surface area (TPSA) is 82.1 Å². The predicted octanol–water partition coefficient (Wildman–Crippen LogP) is 1.64. The van der Waals surface area contributed by atoms with Crippen LogP contribution in [0.4, 0.5) is 5.69 Å². The van der Waals surface area contributed by atoms with Crippen molar-refractivity contribution in [2.75, 3.05) is 0 Å². The first-order chi connectivity index (χ1) is 7.16. The van der Waals surface area contributed by atoms with Crippen LogP contribution in [-0.2, 0) is 0 Å². The highest BCUT2D eigenvalue weighted by Crippen LogP contribution is 2.18. The number of nitro groups is 1. The summed E-state index contributed by atoms with van der Waals surface area (Å²) in [7, 11) is 0. The molecule has 0 fully saturated rings. The second-order valence-corrected chi connectivity index (χ2v) is 2.51. The van der Waals surface area contributed by atoms with Gasteiger partial charge in [-0.1, -0.05) is 5.16 Å². The predicted molar refractivity (Wildman–Crippen MR) is 46.4 cm³/mol. The molecule has 0 bridgehead atoms.